The van der Waals surface area contributed by atoms with E-state index in [0.29, 0.717) is 21.9 Å². The van der Waals surface area contributed by atoms with Crippen LogP contribution in [0.3, 0.4) is 0 Å². The van der Waals surface area contributed by atoms with Crippen molar-refractivity contribution in [3.63, 3.8) is 0 Å². The Morgan fingerprint density at radius 3 is 2.16 bits per heavy atom. The van der Waals surface area contributed by atoms with Crippen LogP contribution in [0.25, 0.3) is 10.8 Å². The zero-order valence-corrected chi connectivity index (χ0v) is 17.9. The van der Waals surface area contributed by atoms with Crippen LogP contribution in [-0.4, -0.2) is 0 Å². The van der Waals surface area contributed by atoms with Gasteiger partial charge < -0.3 is 0 Å². The second-order valence-electron chi connectivity index (χ2n) is 8.73. The molecule has 0 N–H and O–H groups in total. The summed E-state index contributed by atoms with van der Waals surface area (Å²) < 4.78 is 41.4. The SMILES string of the molecule is CCC1CCC(CCc2ccc(C#Cc3ccc4cc(F)c(F)cc4c3)c(F)c2)CC1. The average Bonchev–Trinajstić information content (AvgIpc) is 2.78. The molecule has 1 aliphatic rings. The Morgan fingerprint density at radius 2 is 1.45 bits per heavy atom. The van der Waals surface area contributed by atoms with Crippen LogP contribution in [-0.2, 0) is 6.42 Å². The summed E-state index contributed by atoms with van der Waals surface area (Å²) in [4.78, 5) is 0. The minimum absolute atomic E-state index is 0.311. The summed E-state index contributed by atoms with van der Waals surface area (Å²) in [6, 6.07) is 12.7. The predicted octanol–water partition coefficient (Wildman–Crippen LogP) is 7.81. The fourth-order valence-electron chi connectivity index (χ4n) is 4.57. The second-order valence-corrected chi connectivity index (χ2v) is 8.73. The number of aryl methyl sites for hydroxylation is 1. The zero-order valence-electron chi connectivity index (χ0n) is 17.9. The van der Waals surface area contributed by atoms with E-state index in [4.69, 9.17) is 0 Å². The highest BCUT2D eigenvalue weighted by atomic mass is 19.2. The van der Waals surface area contributed by atoms with Crippen molar-refractivity contribution in [1.29, 1.82) is 0 Å². The molecule has 0 aromatic heterocycles. The van der Waals surface area contributed by atoms with Crippen molar-refractivity contribution in [1.82, 2.24) is 0 Å². The van der Waals surface area contributed by atoms with Crippen LogP contribution in [0.2, 0.25) is 0 Å². The molecule has 0 amide bonds. The topological polar surface area (TPSA) is 0 Å². The van der Waals surface area contributed by atoms with E-state index >= 15 is 0 Å². The second kappa shape index (κ2) is 9.60. The van der Waals surface area contributed by atoms with Gasteiger partial charge in [0.1, 0.15) is 5.82 Å². The molecular formula is C28H27F3. The van der Waals surface area contributed by atoms with Crippen LogP contribution in [0.5, 0.6) is 0 Å². The molecule has 0 spiro atoms. The first-order valence-electron chi connectivity index (χ1n) is 11.2. The van der Waals surface area contributed by atoms with Crippen molar-refractivity contribution >= 4 is 10.8 Å². The van der Waals surface area contributed by atoms with Crippen molar-refractivity contribution < 1.29 is 13.2 Å². The Labute approximate surface area is 182 Å². The van der Waals surface area contributed by atoms with E-state index in [-0.39, 0.29) is 5.82 Å². The van der Waals surface area contributed by atoms with Gasteiger partial charge in [-0.1, -0.05) is 63.0 Å². The fourth-order valence-corrected chi connectivity index (χ4v) is 4.57. The maximum Gasteiger partial charge on any atom is 0.159 e. The molecule has 0 saturated heterocycles. The van der Waals surface area contributed by atoms with Gasteiger partial charge in [0.15, 0.2) is 11.6 Å². The largest absolute Gasteiger partial charge is 0.206 e. The van der Waals surface area contributed by atoms with E-state index in [1.165, 1.54) is 32.1 Å². The third-order valence-corrected chi connectivity index (χ3v) is 6.64. The minimum Gasteiger partial charge on any atom is -0.206 e. The number of benzene rings is 3. The Kier molecular flexibility index (Phi) is 6.66. The maximum atomic E-state index is 14.6. The van der Waals surface area contributed by atoms with Crippen molar-refractivity contribution in [2.24, 2.45) is 11.8 Å². The van der Waals surface area contributed by atoms with Crippen LogP contribution < -0.4 is 0 Å². The smallest absolute Gasteiger partial charge is 0.159 e. The lowest BCUT2D eigenvalue weighted by Gasteiger charge is -2.27. The Morgan fingerprint density at radius 1 is 0.742 bits per heavy atom. The standard InChI is InChI=1S/C28H27F3/c1-2-19-3-5-20(6-4-19)7-8-22-10-13-23(26(29)16-22)12-9-21-11-14-24-17-27(30)28(31)18-25(24)15-21/h10-11,13-20H,2-8H2,1H3. The Balaban J connectivity index is 1.42. The molecule has 3 aromatic carbocycles. The van der Waals surface area contributed by atoms with Crippen molar-refractivity contribution in [2.75, 3.05) is 0 Å². The monoisotopic (exact) mass is 420 g/mol. The zero-order chi connectivity index (χ0) is 21.8. The molecule has 160 valence electrons. The summed E-state index contributed by atoms with van der Waals surface area (Å²) in [7, 11) is 0. The molecule has 3 heteroatoms. The first-order chi connectivity index (χ1) is 15.0. The lowest BCUT2D eigenvalue weighted by atomic mass is 9.78. The van der Waals surface area contributed by atoms with Crippen LogP contribution in [0.1, 0.15) is 62.1 Å². The first-order valence-corrected chi connectivity index (χ1v) is 11.2. The van der Waals surface area contributed by atoms with Gasteiger partial charge in [0.05, 0.1) is 5.56 Å². The van der Waals surface area contributed by atoms with Crippen LogP contribution >= 0.6 is 0 Å². The molecule has 1 fully saturated rings. The molecule has 0 heterocycles. The van der Waals surface area contributed by atoms with Gasteiger partial charge >= 0.3 is 0 Å². The molecule has 31 heavy (non-hydrogen) atoms. The summed E-state index contributed by atoms with van der Waals surface area (Å²) >= 11 is 0. The number of halogens is 3. The van der Waals surface area contributed by atoms with Crippen LogP contribution in [0.4, 0.5) is 13.2 Å². The van der Waals surface area contributed by atoms with Gasteiger partial charge in [0.2, 0.25) is 0 Å². The predicted molar refractivity (Wildman–Crippen MR) is 120 cm³/mol. The molecule has 0 aliphatic heterocycles. The lowest BCUT2D eigenvalue weighted by Crippen LogP contribution is -2.14. The van der Waals surface area contributed by atoms with Crippen LogP contribution in [0, 0.1) is 41.1 Å². The molecule has 4 rings (SSSR count). The van der Waals surface area contributed by atoms with Gasteiger partial charge in [-0.3, -0.25) is 0 Å². The van der Waals surface area contributed by atoms with Crippen molar-refractivity contribution in [3.05, 3.63) is 82.7 Å². The fraction of sp³-hybridized carbons (Fsp3) is 0.357. The highest BCUT2D eigenvalue weighted by Crippen LogP contribution is 2.33. The van der Waals surface area contributed by atoms with E-state index in [0.717, 1.165) is 42.4 Å². The van der Waals surface area contributed by atoms with E-state index in [2.05, 4.69) is 18.8 Å². The number of hydrogen-bond acceptors (Lipinski definition) is 0. The Bertz CT molecular complexity index is 1130. The molecule has 0 atom stereocenters. The third-order valence-electron chi connectivity index (χ3n) is 6.64. The number of rotatable bonds is 4. The van der Waals surface area contributed by atoms with Gasteiger partial charge in [-0.25, -0.2) is 13.2 Å². The van der Waals surface area contributed by atoms with Gasteiger partial charge in [-0.05, 0) is 77.4 Å². The molecule has 3 aromatic rings. The molecule has 1 saturated carbocycles. The molecule has 1 aliphatic carbocycles. The number of hydrogen-bond donors (Lipinski definition) is 0. The minimum atomic E-state index is -0.891. The highest BCUT2D eigenvalue weighted by molar-refractivity contribution is 5.84. The molecule has 0 nitrogen and oxygen atoms in total. The first kappa shape index (κ1) is 21.5. The van der Waals surface area contributed by atoms with Gasteiger partial charge in [-0.15, -0.1) is 0 Å². The summed E-state index contributed by atoms with van der Waals surface area (Å²) in [5.41, 5.74) is 1.99. The summed E-state index contributed by atoms with van der Waals surface area (Å²) in [6.07, 6.45) is 8.57. The molecule has 0 unspecified atom stereocenters. The quantitative estimate of drug-likeness (QED) is 0.378. The Hall–Kier alpha value is -2.73. The summed E-state index contributed by atoms with van der Waals surface area (Å²) in [6.45, 7) is 2.28. The summed E-state index contributed by atoms with van der Waals surface area (Å²) in [5.74, 6) is 5.39. The van der Waals surface area contributed by atoms with Gasteiger partial charge in [0, 0.05) is 5.56 Å². The van der Waals surface area contributed by atoms with Crippen molar-refractivity contribution in [3.8, 4) is 11.8 Å². The highest BCUT2D eigenvalue weighted by Gasteiger charge is 2.19. The lowest BCUT2D eigenvalue weighted by molar-refractivity contribution is 0.259. The van der Waals surface area contributed by atoms with Crippen molar-refractivity contribution in [2.45, 2.75) is 51.9 Å². The maximum absolute atomic E-state index is 14.6. The molecule has 0 radical (unpaired) electrons. The summed E-state index contributed by atoms with van der Waals surface area (Å²) in [5, 5.41) is 1.16. The van der Waals surface area contributed by atoms with Crippen LogP contribution in [0.15, 0.2) is 48.5 Å². The number of fused-ring (bicyclic) bond motifs is 1. The van der Waals surface area contributed by atoms with Gasteiger partial charge in [-0.2, -0.15) is 0 Å². The average molecular weight is 421 g/mol. The van der Waals surface area contributed by atoms with Gasteiger partial charge in [0.25, 0.3) is 0 Å². The van der Waals surface area contributed by atoms with E-state index in [9.17, 15) is 13.2 Å². The normalized spacial score (nSPS) is 18.6. The van der Waals surface area contributed by atoms with E-state index < -0.39 is 11.6 Å². The molecule has 0 bridgehead atoms. The molecular weight excluding hydrogens is 393 g/mol. The third kappa shape index (κ3) is 5.31. The van der Waals surface area contributed by atoms with E-state index in [1.54, 1.807) is 30.3 Å². The van der Waals surface area contributed by atoms with E-state index in [1.807, 2.05) is 6.07 Å².